The monoisotopic (exact) mass is 406 g/mol. The lowest BCUT2D eigenvalue weighted by molar-refractivity contribution is -0.143. The van der Waals surface area contributed by atoms with Crippen LogP contribution in [0.3, 0.4) is 0 Å². The van der Waals surface area contributed by atoms with Gasteiger partial charge in [0.2, 0.25) is 17.7 Å². The topological polar surface area (TPSA) is 188 Å². The SMILES string of the molecule is CC(C)C(NC(=O)C(N)CS)C(=O)NCC(=O)NC(CCC(=O)O)C(=O)O. The molecule has 3 unspecified atom stereocenters. The number of carboxylic acid groups (broad SMARTS) is 2. The molecule has 3 amide bonds. The molecule has 27 heavy (non-hydrogen) atoms. The van der Waals surface area contributed by atoms with Crippen LogP contribution in [0.4, 0.5) is 0 Å². The molecule has 0 aliphatic heterocycles. The van der Waals surface area contributed by atoms with E-state index in [1.165, 1.54) is 0 Å². The number of rotatable bonds is 12. The second-order valence-electron chi connectivity index (χ2n) is 6.13. The van der Waals surface area contributed by atoms with Gasteiger partial charge in [0.25, 0.3) is 0 Å². The lowest BCUT2D eigenvalue weighted by atomic mass is 10.0. The van der Waals surface area contributed by atoms with E-state index in [0.717, 1.165) is 0 Å². The van der Waals surface area contributed by atoms with Crippen LogP contribution in [0.1, 0.15) is 26.7 Å². The van der Waals surface area contributed by atoms with Crippen molar-refractivity contribution in [2.75, 3.05) is 12.3 Å². The highest BCUT2D eigenvalue weighted by atomic mass is 32.1. The van der Waals surface area contributed by atoms with Crippen LogP contribution in [0, 0.1) is 5.92 Å². The van der Waals surface area contributed by atoms with E-state index in [2.05, 4.69) is 28.6 Å². The molecule has 0 rings (SSSR count). The predicted molar refractivity (Wildman–Crippen MR) is 98.0 cm³/mol. The third kappa shape index (κ3) is 9.80. The number of carbonyl (C=O) groups excluding carboxylic acids is 3. The number of hydrogen-bond donors (Lipinski definition) is 7. The van der Waals surface area contributed by atoms with E-state index in [4.69, 9.17) is 15.9 Å². The van der Waals surface area contributed by atoms with Crippen LogP contribution in [0.2, 0.25) is 0 Å². The third-order valence-corrected chi connectivity index (χ3v) is 3.88. The average molecular weight is 406 g/mol. The van der Waals surface area contributed by atoms with Crippen molar-refractivity contribution in [3.05, 3.63) is 0 Å². The number of carboxylic acids is 2. The van der Waals surface area contributed by atoms with Gasteiger partial charge in [-0.3, -0.25) is 19.2 Å². The van der Waals surface area contributed by atoms with Gasteiger partial charge in [-0.15, -0.1) is 0 Å². The lowest BCUT2D eigenvalue weighted by Gasteiger charge is -2.23. The largest absolute Gasteiger partial charge is 0.481 e. The maximum absolute atomic E-state index is 12.2. The second-order valence-corrected chi connectivity index (χ2v) is 6.49. The van der Waals surface area contributed by atoms with E-state index >= 15 is 0 Å². The fourth-order valence-electron chi connectivity index (χ4n) is 1.93. The molecule has 0 saturated carbocycles. The summed E-state index contributed by atoms with van der Waals surface area (Å²) in [6.45, 7) is 2.83. The van der Waals surface area contributed by atoms with Crippen molar-refractivity contribution in [2.24, 2.45) is 11.7 Å². The Morgan fingerprint density at radius 2 is 1.63 bits per heavy atom. The van der Waals surface area contributed by atoms with Gasteiger partial charge in [-0.1, -0.05) is 13.8 Å². The maximum Gasteiger partial charge on any atom is 0.326 e. The van der Waals surface area contributed by atoms with Crippen LogP contribution in [-0.4, -0.2) is 70.3 Å². The van der Waals surface area contributed by atoms with Crippen LogP contribution in [-0.2, 0) is 24.0 Å². The smallest absolute Gasteiger partial charge is 0.326 e. The maximum atomic E-state index is 12.2. The van der Waals surface area contributed by atoms with Gasteiger partial charge >= 0.3 is 11.9 Å². The fourth-order valence-corrected chi connectivity index (χ4v) is 2.09. The van der Waals surface area contributed by atoms with E-state index in [1.807, 2.05) is 0 Å². The summed E-state index contributed by atoms with van der Waals surface area (Å²) in [5, 5.41) is 24.5. The quantitative estimate of drug-likeness (QED) is 0.180. The summed E-state index contributed by atoms with van der Waals surface area (Å²) in [5.74, 6) is -4.80. The van der Waals surface area contributed by atoms with Crippen LogP contribution in [0.5, 0.6) is 0 Å². The molecule has 11 nitrogen and oxygen atoms in total. The highest BCUT2D eigenvalue weighted by Gasteiger charge is 2.27. The van der Waals surface area contributed by atoms with Gasteiger partial charge in [0.15, 0.2) is 0 Å². The van der Waals surface area contributed by atoms with E-state index < -0.39 is 60.8 Å². The number of nitrogens with one attached hydrogen (secondary N) is 3. The normalized spacial score (nSPS) is 14.0. The van der Waals surface area contributed by atoms with Gasteiger partial charge in [-0.25, -0.2) is 4.79 Å². The standard InChI is InChI=1S/C15H26N4O7S/c1-7(2)12(19-13(23)8(16)6-27)14(24)17-5-10(20)18-9(15(25)26)3-4-11(21)22/h7-9,12,27H,3-6,16H2,1-2H3,(H,17,24)(H,18,20)(H,19,23)(H,21,22)(H,25,26). The molecule has 0 aromatic rings. The number of amides is 3. The summed E-state index contributed by atoms with van der Waals surface area (Å²) in [6, 6.07) is -3.23. The number of aliphatic carboxylic acids is 2. The van der Waals surface area contributed by atoms with Gasteiger partial charge in [-0.05, 0) is 12.3 Å². The average Bonchev–Trinajstić information content (AvgIpc) is 2.59. The Morgan fingerprint density at radius 1 is 1.04 bits per heavy atom. The predicted octanol–water partition coefficient (Wildman–Crippen LogP) is -2.07. The van der Waals surface area contributed by atoms with Crippen LogP contribution in [0.15, 0.2) is 0 Å². The van der Waals surface area contributed by atoms with Gasteiger partial charge in [0.1, 0.15) is 12.1 Å². The molecule has 12 heteroatoms. The van der Waals surface area contributed by atoms with Crippen molar-refractivity contribution >= 4 is 42.3 Å². The Morgan fingerprint density at radius 3 is 2.07 bits per heavy atom. The minimum atomic E-state index is -1.39. The second kappa shape index (κ2) is 12.1. The highest BCUT2D eigenvalue weighted by molar-refractivity contribution is 7.80. The van der Waals surface area contributed by atoms with Crippen LogP contribution in [0.25, 0.3) is 0 Å². The molecule has 0 spiro atoms. The van der Waals surface area contributed by atoms with E-state index in [0.29, 0.717) is 0 Å². The van der Waals surface area contributed by atoms with Gasteiger partial charge in [0, 0.05) is 12.2 Å². The van der Waals surface area contributed by atoms with Crippen molar-refractivity contribution in [1.29, 1.82) is 0 Å². The molecule has 0 fully saturated rings. The number of nitrogens with two attached hydrogens (primary N) is 1. The number of thiol groups is 1. The summed E-state index contributed by atoms with van der Waals surface area (Å²) in [5.41, 5.74) is 5.54. The molecule has 0 bridgehead atoms. The summed E-state index contributed by atoms with van der Waals surface area (Å²) < 4.78 is 0. The van der Waals surface area contributed by atoms with Gasteiger partial charge < -0.3 is 31.9 Å². The van der Waals surface area contributed by atoms with Crippen molar-refractivity contribution in [3.8, 4) is 0 Å². The third-order valence-electron chi connectivity index (χ3n) is 3.48. The molecule has 3 atom stereocenters. The lowest BCUT2D eigenvalue weighted by Crippen LogP contribution is -2.55. The molecule has 0 aromatic carbocycles. The minimum absolute atomic E-state index is 0.0909. The first-order valence-corrected chi connectivity index (χ1v) is 8.81. The Kier molecular flexibility index (Phi) is 11.1. The van der Waals surface area contributed by atoms with Crippen LogP contribution >= 0.6 is 12.6 Å². The summed E-state index contributed by atoms with van der Waals surface area (Å²) in [7, 11) is 0. The molecule has 0 aliphatic rings. The Labute approximate surface area is 161 Å². The molecular weight excluding hydrogens is 380 g/mol. The first-order valence-electron chi connectivity index (χ1n) is 8.18. The van der Waals surface area contributed by atoms with Gasteiger partial charge in [-0.2, -0.15) is 12.6 Å². The van der Waals surface area contributed by atoms with E-state index in [-0.39, 0.29) is 18.1 Å². The number of hydrogen-bond acceptors (Lipinski definition) is 7. The Hall–Kier alpha value is -2.34. The molecule has 154 valence electrons. The zero-order valence-electron chi connectivity index (χ0n) is 15.1. The molecule has 0 aromatic heterocycles. The molecule has 0 radical (unpaired) electrons. The molecule has 0 saturated heterocycles. The first-order chi connectivity index (χ1) is 12.5. The zero-order valence-corrected chi connectivity index (χ0v) is 16.0. The molecule has 0 aliphatic carbocycles. The summed E-state index contributed by atoms with van der Waals surface area (Å²) in [6.07, 6.45) is -0.729. The minimum Gasteiger partial charge on any atom is -0.481 e. The molecule has 7 N–H and O–H groups in total. The first kappa shape index (κ1) is 24.7. The zero-order chi connectivity index (χ0) is 21.1. The highest BCUT2D eigenvalue weighted by Crippen LogP contribution is 2.03. The summed E-state index contributed by atoms with van der Waals surface area (Å²) in [4.78, 5) is 57.4. The fraction of sp³-hybridized carbons (Fsp3) is 0.667. The van der Waals surface area contributed by atoms with E-state index in [9.17, 15) is 24.0 Å². The van der Waals surface area contributed by atoms with Gasteiger partial charge in [0.05, 0.1) is 12.6 Å². The molecular formula is C15H26N4O7S. The number of carbonyl (C=O) groups is 5. The molecule has 0 heterocycles. The van der Waals surface area contributed by atoms with Crippen molar-refractivity contribution in [2.45, 2.75) is 44.8 Å². The Bertz CT molecular complexity index is 570. The van der Waals surface area contributed by atoms with Crippen molar-refractivity contribution in [1.82, 2.24) is 16.0 Å². The van der Waals surface area contributed by atoms with Crippen LogP contribution < -0.4 is 21.7 Å². The van der Waals surface area contributed by atoms with Crippen molar-refractivity contribution in [3.63, 3.8) is 0 Å². The Balaban J connectivity index is 4.69. The van der Waals surface area contributed by atoms with E-state index in [1.54, 1.807) is 13.8 Å². The van der Waals surface area contributed by atoms with Crippen molar-refractivity contribution < 1.29 is 34.2 Å². The summed E-state index contributed by atoms with van der Waals surface area (Å²) >= 11 is 3.90.